The van der Waals surface area contributed by atoms with Crippen LogP contribution in [0.15, 0.2) is 59.6 Å². The summed E-state index contributed by atoms with van der Waals surface area (Å²) in [6.45, 7) is 0.352. The Bertz CT molecular complexity index is 1000. The topological polar surface area (TPSA) is 71.2 Å². The molecule has 0 atom stereocenters. The number of benzene rings is 2. The van der Waals surface area contributed by atoms with Crippen LogP contribution in [-0.2, 0) is 16.4 Å². The normalized spacial score (nSPS) is 15.4. The fourth-order valence-corrected chi connectivity index (χ4v) is 4.67. The van der Waals surface area contributed by atoms with Crippen LogP contribution < -0.4 is 9.46 Å². The number of sulfonamides is 1. The molecule has 1 aliphatic carbocycles. The minimum atomic E-state index is -3.53. The third-order valence-corrected chi connectivity index (χ3v) is 6.58. The van der Waals surface area contributed by atoms with Crippen molar-refractivity contribution in [3.8, 4) is 5.75 Å². The van der Waals surface area contributed by atoms with Gasteiger partial charge in [-0.05, 0) is 68.0 Å². The van der Waals surface area contributed by atoms with Gasteiger partial charge in [-0.25, -0.2) is 13.1 Å². The zero-order valence-electron chi connectivity index (χ0n) is 15.1. The van der Waals surface area contributed by atoms with Crippen molar-refractivity contribution in [2.24, 2.45) is 0 Å². The SMILES string of the molecule is O=S(=O)(NCCc1c[nH]c2ccccc12)c1ccc(OC2CCCC2)cc1. The summed E-state index contributed by atoms with van der Waals surface area (Å²) in [6, 6.07) is 14.7. The summed E-state index contributed by atoms with van der Waals surface area (Å²) >= 11 is 0. The number of ether oxygens (including phenoxy) is 1. The van der Waals surface area contributed by atoms with Gasteiger partial charge < -0.3 is 9.72 Å². The molecule has 1 saturated carbocycles. The van der Waals surface area contributed by atoms with Crippen LogP contribution in [0.2, 0.25) is 0 Å². The number of hydrogen-bond acceptors (Lipinski definition) is 3. The predicted molar refractivity (Wildman–Crippen MR) is 107 cm³/mol. The lowest BCUT2D eigenvalue weighted by atomic mass is 10.1. The Kier molecular flexibility index (Phi) is 5.18. The number of nitrogens with one attached hydrogen (secondary N) is 2. The van der Waals surface area contributed by atoms with E-state index in [2.05, 4.69) is 9.71 Å². The van der Waals surface area contributed by atoms with E-state index in [0.717, 1.165) is 35.1 Å². The molecule has 0 unspecified atom stereocenters. The van der Waals surface area contributed by atoms with Gasteiger partial charge in [-0.2, -0.15) is 0 Å². The molecule has 5 nitrogen and oxygen atoms in total. The van der Waals surface area contributed by atoms with Gasteiger partial charge in [0, 0.05) is 23.6 Å². The number of aromatic nitrogens is 1. The number of para-hydroxylation sites is 1. The van der Waals surface area contributed by atoms with Crippen LogP contribution in [0.4, 0.5) is 0 Å². The standard InChI is InChI=1S/C21H24N2O3S/c24-27(25,19-11-9-18(10-12-19)26-17-5-1-2-6-17)23-14-13-16-15-22-21-8-4-3-7-20(16)21/h3-4,7-12,15,17,22-23H,1-2,5-6,13-14H2. The van der Waals surface area contributed by atoms with Gasteiger partial charge in [0.15, 0.2) is 0 Å². The second-order valence-corrected chi connectivity index (χ2v) is 8.77. The van der Waals surface area contributed by atoms with Crippen molar-refractivity contribution in [2.45, 2.75) is 43.1 Å². The summed E-state index contributed by atoms with van der Waals surface area (Å²) in [7, 11) is -3.53. The van der Waals surface area contributed by atoms with Crippen molar-refractivity contribution in [1.82, 2.24) is 9.71 Å². The molecule has 0 spiro atoms. The lowest BCUT2D eigenvalue weighted by Gasteiger charge is -2.13. The maximum atomic E-state index is 12.5. The van der Waals surface area contributed by atoms with Crippen LogP contribution >= 0.6 is 0 Å². The molecule has 3 aromatic rings. The van der Waals surface area contributed by atoms with Crippen molar-refractivity contribution in [3.63, 3.8) is 0 Å². The van der Waals surface area contributed by atoms with Crippen molar-refractivity contribution in [2.75, 3.05) is 6.54 Å². The first-order chi connectivity index (χ1) is 13.1. The Morgan fingerprint density at radius 3 is 2.56 bits per heavy atom. The highest BCUT2D eigenvalue weighted by atomic mass is 32.2. The number of aromatic amines is 1. The molecule has 2 N–H and O–H groups in total. The first-order valence-corrected chi connectivity index (χ1v) is 10.9. The summed E-state index contributed by atoms with van der Waals surface area (Å²) in [4.78, 5) is 3.48. The average molecular weight is 385 g/mol. The zero-order chi connectivity index (χ0) is 18.7. The van der Waals surface area contributed by atoms with Gasteiger partial charge in [0.25, 0.3) is 0 Å². The molecule has 142 valence electrons. The highest BCUT2D eigenvalue weighted by Gasteiger charge is 2.18. The van der Waals surface area contributed by atoms with Crippen LogP contribution in [-0.4, -0.2) is 26.1 Å². The van der Waals surface area contributed by atoms with Gasteiger partial charge in [-0.15, -0.1) is 0 Å². The lowest BCUT2D eigenvalue weighted by Crippen LogP contribution is -2.26. The molecule has 27 heavy (non-hydrogen) atoms. The Morgan fingerprint density at radius 1 is 1.04 bits per heavy atom. The fraction of sp³-hybridized carbons (Fsp3) is 0.333. The first kappa shape index (κ1) is 18.1. The van der Waals surface area contributed by atoms with Gasteiger partial charge in [0.05, 0.1) is 11.0 Å². The van der Waals surface area contributed by atoms with Gasteiger partial charge in [0.2, 0.25) is 10.0 Å². The number of H-pyrrole nitrogens is 1. The van der Waals surface area contributed by atoms with Crippen LogP contribution in [0, 0.1) is 0 Å². The maximum Gasteiger partial charge on any atom is 0.240 e. The minimum absolute atomic E-state index is 0.264. The molecular formula is C21H24N2O3S. The fourth-order valence-electron chi connectivity index (χ4n) is 3.64. The molecule has 0 amide bonds. The second kappa shape index (κ2) is 7.74. The van der Waals surface area contributed by atoms with Gasteiger partial charge in [0.1, 0.15) is 5.75 Å². The van der Waals surface area contributed by atoms with Crippen molar-refractivity contribution >= 4 is 20.9 Å². The molecule has 0 aliphatic heterocycles. The number of rotatable bonds is 7. The molecule has 1 heterocycles. The minimum Gasteiger partial charge on any atom is -0.490 e. The zero-order valence-corrected chi connectivity index (χ0v) is 16.0. The Labute approximate surface area is 159 Å². The maximum absolute atomic E-state index is 12.5. The first-order valence-electron chi connectivity index (χ1n) is 9.43. The number of fused-ring (bicyclic) bond motifs is 1. The number of hydrogen-bond donors (Lipinski definition) is 2. The van der Waals surface area contributed by atoms with E-state index in [-0.39, 0.29) is 11.0 Å². The molecule has 0 saturated heterocycles. The van der Waals surface area contributed by atoms with Gasteiger partial charge in [-0.3, -0.25) is 0 Å². The van der Waals surface area contributed by atoms with Crippen LogP contribution in [0.5, 0.6) is 5.75 Å². The largest absolute Gasteiger partial charge is 0.490 e. The van der Waals surface area contributed by atoms with Crippen molar-refractivity contribution in [3.05, 3.63) is 60.3 Å². The smallest absolute Gasteiger partial charge is 0.240 e. The molecule has 1 aliphatic rings. The van der Waals surface area contributed by atoms with Crippen LogP contribution in [0.1, 0.15) is 31.2 Å². The van der Waals surface area contributed by atoms with E-state index in [4.69, 9.17) is 4.74 Å². The summed E-state index contributed by atoms with van der Waals surface area (Å²) < 4.78 is 33.6. The van der Waals surface area contributed by atoms with Crippen molar-refractivity contribution in [1.29, 1.82) is 0 Å². The third-order valence-electron chi connectivity index (χ3n) is 5.10. The molecule has 4 rings (SSSR count). The second-order valence-electron chi connectivity index (χ2n) is 7.00. The van der Waals surface area contributed by atoms with Gasteiger partial charge in [-0.1, -0.05) is 18.2 Å². The summed E-state index contributed by atoms with van der Waals surface area (Å²) in [6.07, 6.45) is 7.40. The van der Waals surface area contributed by atoms with Crippen LogP contribution in [0.25, 0.3) is 10.9 Å². The van der Waals surface area contributed by atoms with E-state index < -0.39 is 10.0 Å². The van der Waals surface area contributed by atoms with E-state index in [1.165, 1.54) is 12.8 Å². The summed E-state index contributed by atoms with van der Waals surface area (Å²) in [5.41, 5.74) is 2.17. The summed E-state index contributed by atoms with van der Waals surface area (Å²) in [5.74, 6) is 0.736. The molecule has 1 fully saturated rings. The molecule has 1 aromatic heterocycles. The predicted octanol–water partition coefficient (Wildman–Crippen LogP) is 4.01. The molecule has 0 radical (unpaired) electrons. The van der Waals surface area contributed by atoms with E-state index in [0.29, 0.717) is 13.0 Å². The molecular weight excluding hydrogens is 360 g/mol. The lowest BCUT2D eigenvalue weighted by molar-refractivity contribution is 0.210. The molecule has 6 heteroatoms. The van der Waals surface area contributed by atoms with E-state index in [9.17, 15) is 8.42 Å². The highest BCUT2D eigenvalue weighted by molar-refractivity contribution is 7.89. The quantitative estimate of drug-likeness (QED) is 0.646. The van der Waals surface area contributed by atoms with E-state index in [1.54, 1.807) is 24.3 Å². The average Bonchev–Trinajstić information content (AvgIpc) is 3.32. The monoisotopic (exact) mass is 384 g/mol. The Morgan fingerprint density at radius 2 is 1.78 bits per heavy atom. The summed E-state index contributed by atoms with van der Waals surface area (Å²) in [5, 5.41) is 1.13. The van der Waals surface area contributed by atoms with Gasteiger partial charge >= 0.3 is 0 Å². The Hall–Kier alpha value is -2.31. The highest BCUT2D eigenvalue weighted by Crippen LogP contribution is 2.25. The Balaban J connectivity index is 1.36. The van der Waals surface area contributed by atoms with E-state index >= 15 is 0 Å². The van der Waals surface area contributed by atoms with Crippen LogP contribution in [0.3, 0.4) is 0 Å². The van der Waals surface area contributed by atoms with Crippen molar-refractivity contribution < 1.29 is 13.2 Å². The third kappa shape index (κ3) is 4.17. The molecule has 0 bridgehead atoms. The molecule has 2 aromatic carbocycles. The van der Waals surface area contributed by atoms with E-state index in [1.807, 2.05) is 30.5 Å².